The van der Waals surface area contributed by atoms with Gasteiger partial charge in [-0.05, 0) is 13.0 Å². The van der Waals surface area contributed by atoms with Gasteiger partial charge in [0.1, 0.15) is 18.1 Å². The molecule has 0 aliphatic heterocycles. The minimum absolute atomic E-state index is 0.0902. The van der Waals surface area contributed by atoms with Crippen LogP contribution in [0.3, 0.4) is 0 Å². The van der Waals surface area contributed by atoms with Crippen molar-refractivity contribution >= 4 is 11.3 Å². The lowest BCUT2D eigenvalue weighted by Gasteiger charge is -2.14. The SMILES string of the molecule is COc1ccc([C@H](C)N)c(OCc2csc(C(C)C)n2)c1. The van der Waals surface area contributed by atoms with Crippen LogP contribution in [0.25, 0.3) is 0 Å². The maximum Gasteiger partial charge on any atom is 0.131 e. The molecule has 0 aliphatic rings. The Labute approximate surface area is 129 Å². The molecule has 1 atom stereocenters. The second kappa shape index (κ2) is 6.91. The normalized spacial score (nSPS) is 12.5. The highest BCUT2D eigenvalue weighted by Crippen LogP contribution is 2.29. The Balaban J connectivity index is 2.14. The van der Waals surface area contributed by atoms with Crippen LogP contribution in [0.15, 0.2) is 23.6 Å². The van der Waals surface area contributed by atoms with Crippen molar-refractivity contribution in [3.05, 3.63) is 39.8 Å². The minimum atomic E-state index is -0.0902. The van der Waals surface area contributed by atoms with Gasteiger partial charge in [0, 0.05) is 29.0 Å². The molecule has 2 rings (SSSR count). The summed E-state index contributed by atoms with van der Waals surface area (Å²) in [4.78, 5) is 4.57. The minimum Gasteiger partial charge on any atom is -0.497 e. The van der Waals surface area contributed by atoms with Crippen LogP contribution in [-0.4, -0.2) is 12.1 Å². The van der Waals surface area contributed by atoms with Crippen LogP contribution in [0.4, 0.5) is 0 Å². The van der Waals surface area contributed by atoms with Crippen molar-refractivity contribution in [2.24, 2.45) is 5.73 Å². The molecule has 0 bridgehead atoms. The van der Waals surface area contributed by atoms with E-state index in [0.717, 1.165) is 27.8 Å². The van der Waals surface area contributed by atoms with Crippen LogP contribution in [0.5, 0.6) is 11.5 Å². The van der Waals surface area contributed by atoms with E-state index in [2.05, 4.69) is 18.8 Å². The lowest BCUT2D eigenvalue weighted by molar-refractivity contribution is 0.295. The van der Waals surface area contributed by atoms with Gasteiger partial charge in [-0.3, -0.25) is 0 Å². The molecule has 0 radical (unpaired) electrons. The predicted octanol–water partition coefficient (Wildman–Crippen LogP) is 3.87. The van der Waals surface area contributed by atoms with Crippen LogP contribution in [-0.2, 0) is 6.61 Å². The molecule has 1 aromatic heterocycles. The zero-order valence-corrected chi connectivity index (χ0v) is 13.7. The smallest absolute Gasteiger partial charge is 0.131 e. The number of methoxy groups -OCH3 is 1. The third kappa shape index (κ3) is 3.95. The number of thiazole rings is 1. The highest BCUT2D eigenvalue weighted by atomic mass is 32.1. The summed E-state index contributed by atoms with van der Waals surface area (Å²) >= 11 is 1.67. The zero-order chi connectivity index (χ0) is 15.4. The number of benzene rings is 1. The van der Waals surface area contributed by atoms with E-state index >= 15 is 0 Å². The summed E-state index contributed by atoms with van der Waals surface area (Å²) in [5.74, 6) is 1.96. The van der Waals surface area contributed by atoms with Gasteiger partial charge in [-0.25, -0.2) is 4.98 Å². The summed E-state index contributed by atoms with van der Waals surface area (Å²) in [5.41, 5.74) is 7.90. The average molecular weight is 306 g/mol. The second-order valence-corrected chi connectivity index (χ2v) is 6.20. The van der Waals surface area contributed by atoms with Gasteiger partial charge in [0.15, 0.2) is 0 Å². The Morgan fingerprint density at radius 1 is 1.29 bits per heavy atom. The maximum atomic E-state index is 5.98. The van der Waals surface area contributed by atoms with Gasteiger partial charge in [-0.1, -0.05) is 19.9 Å². The van der Waals surface area contributed by atoms with Crippen LogP contribution < -0.4 is 15.2 Å². The largest absolute Gasteiger partial charge is 0.497 e. The highest BCUT2D eigenvalue weighted by molar-refractivity contribution is 7.09. The maximum absolute atomic E-state index is 5.98. The van der Waals surface area contributed by atoms with Crippen molar-refractivity contribution in [2.45, 2.75) is 39.3 Å². The average Bonchev–Trinajstić information content (AvgIpc) is 2.93. The first-order valence-corrected chi connectivity index (χ1v) is 7.89. The number of hydrogen-bond acceptors (Lipinski definition) is 5. The van der Waals surface area contributed by atoms with E-state index in [1.807, 2.05) is 30.5 Å². The number of nitrogens with zero attached hydrogens (tertiary/aromatic N) is 1. The summed E-state index contributed by atoms with van der Waals surface area (Å²) in [5, 5.41) is 3.17. The fourth-order valence-corrected chi connectivity index (χ4v) is 2.77. The molecule has 0 fully saturated rings. The molecule has 21 heavy (non-hydrogen) atoms. The summed E-state index contributed by atoms with van der Waals surface area (Å²) in [6, 6.07) is 5.62. The predicted molar refractivity (Wildman–Crippen MR) is 86.1 cm³/mol. The standard InChI is InChI=1S/C16H22N2O2S/c1-10(2)16-18-12(9-21-16)8-20-15-7-13(19-4)5-6-14(15)11(3)17/h5-7,9-11H,8,17H2,1-4H3/t11-/m0/s1. The third-order valence-corrected chi connectivity index (χ3v) is 4.34. The van der Waals surface area contributed by atoms with Crippen molar-refractivity contribution < 1.29 is 9.47 Å². The molecule has 5 heteroatoms. The molecule has 0 unspecified atom stereocenters. The van der Waals surface area contributed by atoms with E-state index in [1.54, 1.807) is 18.4 Å². The van der Waals surface area contributed by atoms with Crippen molar-refractivity contribution in [1.82, 2.24) is 4.98 Å². The number of rotatable bonds is 6. The topological polar surface area (TPSA) is 57.4 Å². The molecule has 0 saturated carbocycles. The fraction of sp³-hybridized carbons (Fsp3) is 0.438. The number of ether oxygens (including phenoxy) is 2. The first-order chi connectivity index (χ1) is 10.0. The number of aromatic nitrogens is 1. The van der Waals surface area contributed by atoms with Gasteiger partial charge in [-0.15, -0.1) is 11.3 Å². The zero-order valence-electron chi connectivity index (χ0n) is 12.9. The Hall–Kier alpha value is -1.59. The van der Waals surface area contributed by atoms with Crippen molar-refractivity contribution in [2.75, 3.05) is 7.11 Å². The van der Waals surface area contributed by atoms with E-state index in [4.69, 9.17) is 15.2 Å². The van der Waals surface area contributed by atoms with E-state index < -0.39 is 0 Å². The number of nitrogens with two attached hydrogens (primary N) is 1. The Morgan fingerprint density at radius 3 is 2.62 bits per heavy atom. The van der Waals surface area contributed by atoms with Crippen molar-refractivity contribution in [3.63, 3.8) is 0 Å². The first kappa shape index (κ1) is 15.8. The molecule has 1 heterocycles. The van der Waals surface area contributed by atoms with E-state index in [0.29, 0.717) is 12.5 Å². The molecule has 0 saturated heterocycles. The molecule has 0 aliphatic carbocycles. The molecule has 4 nitrogen and oxygen atoms in total. The Bertz CT molecular complexity index is 594. The molecular formula is C16H22N2O2S. The van der Waals surface area contributed by atoms with Gasteiger partial charge in [0.05, 0.1) is 17.8 Å². The van der Waals surface area contributed by atoms with Gasteiger partial charge in [-0.2, -0.15) is 0 Å². The lowest BCUT2D eigenvalue weighted by atomic mass is 10.1. The molecule has 2 aromatic rings. The molecule has 0 amide bonds. The molecular weight excluding hydrogens is 284 g/mol. The van der Waals surface area contributed by atoms with Crippen LogP contribution >= 0.6 is 11.3 Å². The monoisotopic (exact) mass is 306 g/mol. The summed E-state index contributed by atoms with van der Waals surface area (Å²) in [7, 11) is 1.64. The summed E-state index contributed by atoms with van der Waals surface area (Å²) in [6.45, 7) is 6.66. The quantitative estimate of drug-likeness (QED) is 0.880. The Kier molecular flexibility index (Phi) is 5.20. The van der Waals surface area contributed by atoms with Gasteiger partial charge in [0.25, 0.3) is 0 Å². The first-order valence-electron chi connectivity index (χ1n) is 7.02. The highest BCUT2D eigenvalue weighted by Gasteiger charge is 2.11. The second-order valence-electron chi connectivity index (χ2n) is 5.31. The fourth-order valence-electron chi connectivity index (χ4n) is 1.95. The van der Waals surface area contributed by atoms with Crippen LogP contribution in [0, 0.1) is 0 Å². The molecule has 1 aromatic carbocycles. The van der Waals surface area contributed by atoms with Gasteiger partial charge in [0.2, 0.25) is 0 Å². The molecule has 2 N–H and O–H groups in total. The number of hydrogen-bond donors (Lipinski definition) is 1. The molecule has 114 valence electrons. The van der Waals surface area contributed by atoms with Gasteiger partial charge < -0.3 is 15.2 Å². The van der Waals surface area contributed by atoms with Crippen LogP contribution in [0.1, 0.15) is 49.0 Å². The van der Waals surface area contributed by atoms with E-state index in [9.17, 15) is 0 Å². The van der Waals surface area contributed by atoms with E-state index in [-0.39, 0.29) is 6.04 Å². The van der Waals surface area contributed by atoms with Crippen molar-refractivity contribution in [3.8, 4) is 11.5 Å². The van der Waals surface area contributed by atoms with E-state index in [1.165, 1.54) is 0 Å². The lowest BCUT2D eigenvalue weighted by Crippen LogP contribution is -2.08. The molecule has 0 spiro atoms. The summed E-state index contributed by atoms with van der Waals surface area (Å²) in [6.07, 6.45) is 0. The summed E-state index contributed by atoms with van der Waals surface area (Å²) < 4.78 is 11.1. The Morgan fingerprint density at radius 2 is 2.05 bits per heavy atom. The third-order valence-electron chi connectivity index (χ3n) is 3.15. The van der Waals surface area contributed by atoms with Crippen LogP contribution in [0.2, 0.25) is 0 Å². The van der Waals surface area contributed by atoms with Crippen molar-refractivity contribution in [1.29, 1.82) is 0 Å². The van der Waals surface area contributed by atoms with Gasteiger partial charge >= 0.3 is 0 Å².